The highest BCUT2D eigenvalue weighted by Crippen LogP contribution is 2.32. The van der Waals surface area contributed by atoms with Crippen molar-refractivity contribution >= 4 is 11.6 Å². The summed E-state index contributed by atoms with van der Waals surface area (Å²) < 4.78 is 10.4. The van der Waals surface area contributed by atoms with E-state index >= 15 is 0 Å². The normalized spacial score (nSPS) is 10.0. The molecule has 100 valence electrons. The smallest absolute Gasteiger partial charge is 0.222 e. The van der Waals surface area contributed by atoms with Gasteiger partial charge in [-0.15, -0.1) is 0 Å². The number of nitrogens with two attached hydrogens (primary N) is 1. The van der Waals surface area contributed by atoms with Crippen LogP contribution in [0, 0.1) is 0 Å². The minimum Gasteiger partial charge on any atom is -0.493 e. The maximum absolute atomic E-state index is 11.5. The molecule has 0 saturated carbocycles. The predicted molar refractivity (Wildman–Crippen MR) is 71.0 cm³/mol. The van der Waals surface area contributed by atoms with Crippen LogP contribution in [0.2, 0.25) is 0 Å². The number of nitrogen functional groups attached to an aromatic ring is 1. The maximum atomic E-state index is 11.5. The van der Waals surface area contributed by atoms with Gasteiger partial charge in [0.25, 0.3) is 0 Å². The van der Waals surface area contributed by atoms with Crippen LogP contribution >= 0.6 is 0 Å². The van der Waals surface area contributed by atoms with Crippen molar-refractivity contribution in [1.29, 1.82) is 0 Å². The minimum absolute atomic E-state index is 0.0733. The van der Waals surface area contributed by atoms with E-state index in [0.717, 1.165) is 5.56 Å². The number of nitrogens with zero attached hydrogens (tertiary/aromatic N) is 1. The Morgan fingerprint density at radius 2 is 1.78 bits per heavy atom. The first kappa shape index (κ1) is 14.2. The molecule has 2 N–H and O–H groups in total. The van der Waals surface area contributed by atoms with Crippen molar-refractivity contribution in [3.63, 3.8) is 0 Å². The third kappa shape index (κ3) is 3.29. The molecule has 1 rings (SSSR count). The summed E-state index contributed by atoms with van der Waals surface area (Å²) in [4.78, 5) is 13.1. The summed E-state index contributed by atoms with van der Waals surface area (Å²) in [5, 5.41) is 0. The standard InChI is InChI=1S/C13H20N2O3/c1-15(2)13(16)6-5-9-7-11(17-3)12(18-4)8-10(9)14/h7-8H,5-6,14H2,1-4H3. The molecular weight excluding hydrogens is 232 g/mol. The lowest BCUT2D eigenvalue weighted by Crippen LogP contribution is -2.21. The number of ether oxygens (including phenoxy) is 2. The Labute approximate surface area is 107 Å². The van der Waals surface area contributed by atoms with E-state index in [-0.39, 0.29) is 5.91 Å². The molecule has 5 nitrogen and oxygen atoms in total. The third-order valence-electron chi connectivity index (χ3n) is 2.75. The Bertz CT molecular complexity index is 430. The first-order valence-electron chi connectivity index (χ1n) is 5.70. The van der Waals surface area contributed by atoms with Crippen LogP contribution in [0.1, 0.15) is 12.0 Å². The SMILES string of the molecule is COc1cc(N)c(CCC(=O)N(C)C)cc1OC. The molecule has 0 saturated heterocycles. The third-order valence-corrected chi connectivity index (χ3v) is 2.75. The molecule has 0 spiro atoms. The molecule has 0 aliphatic rings. The minimum atomic E-state index is 0.0733. The van der Waals surface area contributed by atoms with Gasteiger partial charge in [-0.25, -0.2) is 0 Å². The van der Waals surface area contributed by atoms with Gasteiger partial charge in [0.05, 0.1) is 14.2 Å². The lowest BCUT2D eigenvalue weighted by molar-refractivity contribution is -0.128. The van der Waals surface area contributed by atoms with Crippen LogP contribution in [0.15, 0.2) is 12.1 Å². The second kappa shape index (κ2) is 6.14. The van der Waals surface area contributed by atoms with Gasteiger partial charge in [0, 0.05) is 32.3 Å². The number of aryl methyl sites for hydroxylation is 1. The highest BCUT2D eigenvalue weighted by atomic mass is 16.5. The van der Waals surface area contributed by atoms with Gasteiger partial charge in [0.2, 0.25) is 5.91 Å². The van der Waals surface area contributed by atoms with E-state index < -0.39 is 0 Å². The zero-order valence-corrected chi connectivity index (χ0v) is 11.3. The molecule has 18 heavy (non-hydrogen) atoms. The topological polar surface area (TPSA) is 64.8 Å². The monoisotopic (exact) mass is 252 g/mol. The van der Waals surface area contributed by atoms with Crippen LogP contribution in [0.3, 0.4) is 0 Å². The summed E-state index contributed by atoms with van der Waals surface area (Å²) in [6.07, 6.45) is 1.01. The van der Waals surface area contributed by atoms with Gasteiger partial charge in [-0.3, -0.25) is 4.79 Å². The number of hydrogen-bond donors (Lipinski definition) is 1. The predicted octanol–water partition coefficient (Wildman–Crippen LogP) is 1.31. The van der Waals surface area contributed by atoms with Gasteiger partial charge in [0.15, 0.2) is 11.5 Å². The lowest BCUT2D eigenvalue weighted by Gasteiger charge is -2.14. The van der Waals surface area contributed by atoms with Crippen LogP contribution in [0.4, 0.5) is 5.69 Å². The van der Waals surface area contributed by atoms with Gasteiger partial charge in [-0.1, -0.05) is 0 Å². The Morgan fingerprint density at radius 1 is 1.22 bits per heavy atom. The zero-order chi connectivity index (χ0) is 13.7. The van der Waals surface area contributed by atoms with Crippen molar-refractivity contribution in [3.8, 4) is 11.5 Å². The van der Waals surface area contributed by atoms with Crippen LogP contribution < -0.4 is 15.2 Å². The summed E-state index contributed by atoms with van der Waals surface area (Å²) in [7, 11) is 6.61. The molecule has 0 radical (unpaired) electrons. The van der Waals surface area contributed by atoms with Crippen LogP contribution in [0.25, 0.3) is 0 Å². The Hall–Kier alpha value is -1.91. The molecule has 5 heteroatoms. The van der Waals surface area contributed by atoms with E-state index in [0.29, 0.717) is 30.0 Å². The molecule has 0 aliphatic heterocycles. The number of anilines is 1. The Kier molecular flexibility index (Phi) is 4.83. The fraction of sp³-hybridized carbons (Fsp3) is 0.462. The molecule has 0 fully saturated rings. The molecule has 0 bridgehead atoms. The highest BCUT2D eigenvalue weighted by Gasteiger charge is 2.11. The molecule has 1 amide bonds. The molecule has 0 unspecified atom stereocenters. The molecule has 0 heterocycles. The van der Waals surface area contributed by atoms with Crippen molar-refractivity contribution in [2.75, 3.05) is 34.0 Å². The van der Waals surface area contributed by atoms with Gasteiger partial charge in [-0.2, -0.15) is 0 Å². The van der Waals surface area contributed by atoms with Gasteiger partial charge in [-0.05, 0) is 18.1 Å². The number of carbonyl (C=O) groups excluding carboxylic acids is 1. The maximum Gasteiger partial charge on any atom is 0.222 e. The summed E-state index contributed by atoms with van der Waals surface area (Å²) in [5.41, 5.74) is 7.42. The molecule has 0 atom stereocenters. The fourth-order valence-corrected chi connectivity index (χ4v) is 1.62. The first-order valence-corrected chi connectivity index (χ1v) is 5.70. The molecular formula is C13H20N2O3. The number of hydrogen-bond acceptors (Lipinski definition) is 4. The largest absolute Gasteiger partial charge is 0.493 e. The molecule has 1 aromatic carbocycles. The van der Waals surface area contributed by atoms with E-state index in [1.165, 1.54) is 0 Å². The zero-order valence-electron chi connectivity index (χ0n) is 11.3. The first-order chi connectivity index (χ1) is 8.49. The van der Waals surface area contributed by atoms with Gasteiger partial charge < -0.3 is 20.1 Å². The number of benzene rings is 1. The average Bonchev–Trinajstić information content (AvgIpc) is 2.36. The number of amides is 1. The highest BCUT2D eigenvalue weighted by molar-refractivity contribution is 5.76. The van der Waals surface area contributed by atoms with Crippen LogP contribution in [0.5, 0.6) is 11.5 Å². The van der Waals surface area contributed by atoms with Crippen molar-refractivity contribution in [2.45, 2.75) is 12.8 Å². The van der Waals surface area contributed by atoms with Crippen molar-refractivity contribution in [3.05, 3.63) is 17.7 Å². The van der Waals surface area contributed by atoms with Crippen molar-refractivity contribution in [1.82, 2.24) is 4.90 Å². The average molecular weight is 252 g/mol. The summed E-state index contributed by atoms with van der Waals surface area (Å²) in [6, 6.07) is 3.53. The van der Waals surface area contributed by atoms with E-state index in [1.54, 1.807) is 39.3 Å². The van der Waals surface area contributed by atoms with E-state index in [4.69, 9.17) is 15.2 Å². The molecule has 0 aromatic heterocycles. The van der Waals surface area contributed by atoms with Gasteiger partial charge >= 0.3 is 0 Å². The van der Waals surface area contributed by atoms with E-state index in [9.17, 15) is 4.79 Å². The Balaban J connectivity index is 2.86. The molecule has 0 aliphatic carbocycles. The number of rotatable bonds is 5. The van der Waals surface area contributed by atoms with Crippen molar-refractivity contribution in [2.24, 2.45) is 0 Å². The summed E-state index contributed by atoms with van der Waals surface area (Å²) >= 11 is 0. The number of methoxy groups -OCH3 is 2. The summed E-state index contributed by atoms with van der Waals surface area (Å²) in [6.45, 7) is 0. The lowest BCUT2D eigenvalue weighted by atomic mass is 10.1. The molecule has 1 aromatic rings. The van der Waals surface area contributed by atoms with Gasteiger partial charge in [0.1, 0.15) is 0 Å². The number of carbonyl (C=O) groups is 1. The van der Waals surface area contributed by atoms with Crippen LogP contribution in [-0.2, 0) is 11.2 Å². The quantitative estimate of drug-likeness (QED) is 0.802. The fourth-order valence-electron chi connectivity index (χ4n) is 1.62. The van der Waals surface area contributed by atoms with E-state index in [1.807, 2.05) is 6.07 Å². The second-order valence-corrected chi connectivity index (χ2v) is 4.19. The van der Waals surface area contributed by atoms with Crippen molar-refractivity contribution < 1.29 is 14.3 Å². The van der Waals surface area contributed by atoms with E-state index in [2.05, 4.69) is 0 Å². The second-order valence-electron chi connectivity index (χ2n) is 4.19. The van der Waals surface area contributed by atoms with Crippen LogP contribution in [-0.4, -0.2) is 39.1 Å². The Morgan fingerprint density at radius 3 is 2.28 bits per heavy atom. The summed E-state index contributed by atoms with van der Waals surface area (Å²) in [5.74, 6) is 1.29.